The van der Waals surface area contributed by atoms with E-state index in [1.54, 1.807) is 19.2 Å². The number of halogens is 1. The zero-order valence-electron chi connectivity index (χ0n) is 17.4. The van der Waals surface area contributed by atoms with E-state index in [9.17, 15) is 9.18 Å². The summed E-state index contributed by atoms with van der Waals surface area (Å²) >= 11 is 0. The molecule has 1 aromatic carbocycles. The van der Waals surface area contributed by atoms with Gasteiger partial charge in [0.15, 0.2) is 5.96 Å². The number of hydrogen-bond acceptors (Lipinski definition) is 3. The zero-order valence-corrected chi connectivity index (χ0v) is 17.4. The average Bonchev–Trinajstić information content (AvgIpc) is 3.31. The highest BCUT2D eigenvalue weighted by molar-refractivity contribution is 5.80. The smallest absolute Gasteiger partial charge is 0.236 e. The minimum atomic E-state index is -0.113. The van der Waals surface area contributed by atoms with E-state index in [-0.39, 0.29) is 17.1 Å². The molecule has 7 heteroatoms. The first-order chi connectivity index (χ1) is 14.1. The van der Waals surface area contributed by atoms with Crippen LogP contribution in [0, 0.1) is 5.82 Å². The van der Waals surface area contributed by atoms with Crippen molar-refractivity contribution in [3.63, 3.8) is 0 Å². The standard InChI is InChI=1S/C22H32FN5O/c1-24-21(25-17-22(8-9-22)18-6-2-3-7-19(18)23)28-14-12-26(13-15-28)16-20(29)27-10-4-5-11-27/h2-3,6-7H,4-5,8-17H2,1H3,(H,24,25). The maximum Gasteiger partial charge on any atom is 0.236 e. The average molecular weight is 402 g/mol. The maximum absolute atomic E-state index is 14.2. The van der Waals surface area contributed by atoms with Gasteiger partial charge in [-0.1, -0.05) is 18.2 Å². The SMILES string of the molecule is CN=C(NCC1(c2ccccc2F)CC1)N1CCN(CC(=O)N2CCCC2)CC1. The number of guanidine groups is 1. The largest absolute Gasteiger partial charge is 0.355 e. The Morgan fingerprint density at radius 3 is 2.38 bits per heavy atom. The van der Waals surface area contributed by atoms with E-state index in [0.29, 0.717) is 13.1 Å². The first-order valence-electron chi connectivity index (χ1n) is 10.8. The number of nitrogens with zero attached hydrogens (tertiary/aromatic N) is 4. The molecule has 29 heavy (non-hydrogen) atoms. The fourth-order valence-electron chi connectivity index (χ4n) is 4.54. The predicted molar refractivity (Wildman–Crippen MR) is 113 cm³/mol. The van der Waals surface area contributed by atoms with Crippen molar-refractivity contribution >= 4 is 11.9 Å². The normalized spacial score (nSPS) is 22.1. The Hall–Kier alpha value is -2.15. The van der Waals surface area contributed by atoms with E-state index in [2.05, 4.69) is 20.1 Å². The van der Waals surface area contributed by atoms with Gasteiger partial charge in [-0.25, -0.2) is 4.39 Å². The minimum absolute atomic E-state index is 0.106. The molecule has 1 aromatic rings. The van der Waals surface area contributed by atoms with Crippen molar-refractivity contribution < 1.29 is 9.18 Å². The Balaban J connectivity index is 1.27. The van der Waals surface area contributed by atoms with Crippen LogP contribution in [-0.4, -0.2) is 86.0 Å². The lowest BCUT2D eigenvalue weighted by Gasteiger charge is -2.37. The van der Waals surface area contributed by atoms with Gasteiger partial charge in [0.2, 0.25) is 5.91 Å². The van der Waals surface area contributed by atoms with Crippen molar-refractivity contribution in [3.8, 4) is 0 Å². The van der Waals surface area contributed by atoms with Gasteiger partial charge < -0.3 is 15.1 Å². The Kier molecular flexibility index (Phi) is 6.04. The number of amides is 1. The van der Waals surface area contributed by atoms with Crippen molar-refractivity contribution in [1.82, 2.24) is 20.0 Å². The molecule has 2 aliphatic heterocycles. The summed E-state index contributed by atoms with van der Waals surface area (Å²) in [5.74, 6) is 1.02. The van der Waals surface area contributed by atoms with Crippen LogP contribution in [0.25, 0.3) is 0 Å². The van der Waals surface area contributed by atoms with E-state index < -0.39 is 0 Å². The van der Waals surface area contributed by atoms with Gasteiger partial charge in [0, 0.05) is 58.3 Å². The third-order valence-electron chi connectivity index (χ3n) is 6.58. The monoisotopic (exact) mass is 401 g/mol. The van der Waals surface area contributed by atoms with E-state index >= 15 is 0 Å². The number of carbonyl (C=O) groups is 1. The van der Waals surface area contributed by atoms with Crippen LogP contribution in [0.15, 0.2) is 29.3 Å². The number of likely N-dealkylation sites (tertiary alicyclic amines) is 1. The molecule has 2 heterocycles. The Bertz CT molecular complexity index is 749. The number of hydrogen-bond donors (Lipinski definition) is 1. The summed E-state index contributed by atoms with van der Waals surface area (Å²) in [6.45, 7) is 6.47. The van der Waals surface area contributed by atoms with Gasteiger partial charge in [-0.2, -0.15) is 0 Å². The molecule has 158 valence electrons. The van der Waals surface area contributed by atoms with Crippen molar-refractivity contribution in [2.75, 3.05) is 59.4 Å². The van der Waals surface area contributed by atoms with Crippen molar-refractivity contribution in [1.29, 1.82) is 0 Å². The lowest BCUT2D eigenvalue weighted by Crippen LogP contribution is -2.54. The Labute approximate surface area is 172 Å². The number of nitrogens with one attached hydrogen (secondary N) is 1. The number of benzene rings is 1. The summed E-state index contributed by atoms with van der Waals surface area (Å²) in [7, 11) is 1.80. The molecule has 6 nitrogen and oxygen atoms in total. The third kappa shape index (κ3) is 4.55. The molecule has 0 aromatic heterocycles. The van der Waals surface area contributed by atoms with E-state index in [1.807, 2.05) is 17.0 Å². The maximum atomic E-state index is 14.2. The molecule has 0 unspecified atom stereocenters. The fourth-order valence-corrected chi connectivity index (χ4v) is 4.54. The molecule has 0 atom stereocenters. The molecule has 1 N–H and O–H groups in total. The molecule has 3 fully saturated rings. The predicted octanol–water partition coefficient (Wildman–Crippen LogP) is 1.67. The molecule has 0 radical (unpaired) electrons. The third-order valence-corrected chi connectivity index (χ3v) is 6.58. The van der Waals surface area contributed by atoms with E-state index in [1.165, 1.54) is 0 Å². The van der Waals surface area contributed by atoms with E-state index in [4.69, 9.17) is 0 Å². The first-order valence-corrected chi connectivity index (χ1v) is 10.8. The molecule has 2 saturated heterocycles. The van der Waals surface area contributed by atoms with Gasteiger partial charge in [-0.05, 0) is 37.3 Å². The second-order valence-electron chi connectivity index (χ2n) is 8.51. The molecule has 3 aliphatic rings. The van der Waals surface area contributed by atoms with Crippen LogP contribution >= 0.6 is 0 Å². The molecule has 4 rings (SSSR count). The molecular formula is C22H32FN5O. The van der Waals surface area contributed by atoms with Gasteiger partial charge in [0.25, 0.3) is 0 Å². The molecule has 0 bridgehead atoms. The fraction of sp³-hybridized carbons (Fsp3) is 0.636. The van der Waals surface area contributed by atoms with Gasteiger partial charge in [-0.3, -0.25) is 14.7 Å². The second-order valence-corrected chi connectivity index (χ2v) is 8.51. The molecular weight excluding hydrogens is 369 g/mol. The van der Waals surface area contributed by atoms with E-state index in [0.717, 1.165) is 76.5 Å². The van der Waals surface area contributed by atoms with Gasteiger partial charge in [0.1, 0.15) is 5.82 Å². The van der Waals surface area contributed by atoms with Crippen LogP contribution in [0.5, 0.6) is 0 Å². The summed E-state index contributed by atoms with van der Waals surface area (Å²) in [6.07, 6.45) is 4.28. The van der Waals surface area contributed by atoms with Crippen LogP contribution in [0.1, 0.15) is 31.2 Å². The van der Waals surface area contributed by atoms with Crippen molar-refractivity contribution in [2.45, 2.75) is 31.1 Å². The number of carbonyl (C=O) groups excluding carboxylic acids is 1. The first kappa shape index (κ1) is 20.1. The summed E-state index contributed by atoms with van der Waals surface area (Å²) < 4.78 is 14.2. The van der Waals surface area contributed by atoms with Crippen molar-refractivity contribution in [2.24, 2.45) is 4.99 Å². The molecule has 1 saturated carbocycles. The lowest BCUT2D eigenvalue weighted by molar-refractivity contribution is -0.131. The topological polar surface area (TPSA) is 51.2 Å². The van der Waals surface area contributed by atoms with Crippen LogP contribution in [0.4, 0.5) is 4.39 Å². The van der Waals surface area contributed by atoms with Crippen molar-refractivity contribution in [3.05, 3.63) is 35.6 Å². The second kappa shape index (κ2) is 8.69. The van der Waals surface area contributed by atoms with Gasteiger partial charge in [0.05, 0.1) is 6.54 Å². The number of piperazine rings is 1. The van der Waals surface area contributed by atoms with Crippen LogP contribution in [-0.2, 0) is 10.2 Å². The van der Waals surface area contributed by atoms with Crippen LogP contribution in [0.2, 0.25) is 0 Å². The van der Waals surface area contributed by atoms with Crippen LogP contribution < -0.4 is 5.32 Å². The van der Waals surface area contributed by atoms with Crippen LogP contribution in [0.3, 0.4) is 0 Å². The lowest BCUT2D eigenvalue weighted by atomic mass is 9.95. The summed E-state index contributed by atoms with van der Waals surface area (Å²) in [5.41, 5.74) is 0.707. The molecule has 0 spiro atoms. The summed E-state index contributed by atoms with van der Waals surface area (Å²) in [6, 6.07) is 7.11. The highest BCUT2D eigenvalue weighted by Crippen LogP contribution is 2.48. The number of rotatable bonds is 5. The summed E-state index contributed by atoms with van der Waals surface area (Å²) in [5, 5.41) is 3.48. The zero-order chi connectivity index (χ0) is 20.3. The number of aliphatic imine (C=N–C) groups is 1. The van der Waals surface area contributed by atoms with Gasteiger partial charge in [-0.15, -0.1) is 0 Å². The highest BCUT2D eigenvalue weighted by atomic mass is 19.1. The Morgan fingerprint density at radius 1 is 1.07 bits per heavy atom. The molecule has 1 amide bonds. The quantitative estimate of drug-likeness (QED) is 0.603. The Morgan fingerprint density at radius 2 is 1.76 bits per heavy atom. The molecule has 1 aliphatic carbocycles. The summed E-state index contributed by atoms with van der Waals surface area (Å²) in [4.78, 5) is 23.3. The minimum Gasteiger partial charge on any atom is -0.355 e. The van der Waals surface area contributed by atoms with Gasteiger partial charge >= 0.3 is 0 Å². The highest BCUT2D eigenvalue weighted by Gasteiger charge is 2.46.